The summed E-state index contributed by atoms with van der Waals surface area (Å²) in [7, 11) is 0. The van der Waals surface area contributed by atoms with Crippen LogP contribution in [0.2, 0.25) is 0 Å². The zero-order valence-electron chi connectivity index (χ0n) is 11.4. The molecule has 0 spiro atoms. The van der Waals surface area contributed by atoms with Gasteiger partial charge in [0.1, 0.15) is 0 Å². The van der Waals surface area contributed by atoms with Crippen molar-refractivity contribution >= 4 is 11.6 Å². The van der Waals surface area contributed by atoms with Crippen molar-refractivity contribution in [1.29, 1.82) is 0 Å². The number of nitrogens with zero attached hydrogens (tertiary/aromatic N) is 1. The van der Waals surface area contributed by atoms with Gasteiger partial charge in [0.05, 0.1) is 6.61 Å². The number of nitrogens with one attached hydrogen (secondary N) is 2. The van der Waals surface area contributed by atoms with Crippen molar-refractivity contribution in [2.24, 2.45) is 0 Å². The molecule has 0 aliphatic rings. The average molecular weight is 273 g/mol. The molecule has 0 amide bonds. The number of anilines is 2. The first kappa shape index (κ1) is 15.6. The highest BCUT2D eigenvalue weighted by Gasteiger charge is 2.10. The van der Waals surface area contributed by atoms with E-state index in [1.54, 1.807) is 0 Å². The molecular formula is C13H21F2N3O. The summed E-state index contributed by atoms with van der Waals surface area (Å²) < 4.78 is 32.1. The Bertz CT molecular complexity index is 388. The lowest BCUT2D eigenvalue weighted by Crippen LogP contribution is -2.13. The predicted octanol–water partition coefficient (Wildman–Crippen LogP) is 3.02. The van der Waals surface area contributed by atoms with Gasteiger partial charge in [-0.3, -0.25) is 0 Å². The zero-order valence-corrected chi connectivity index (χ0v) is 11.4. The van der Waals surface area contributed by atoms with Crippen LogP contribution in [0.5, 0.6) is 0 Å². The molecule has 0 atom stereocenters. The van der Waals surface area contributed by atoms with Crippen LogP contribution >= 0.6 is 0 Å². The van der Waals surface area contributed by atoms with Gasteiger partial charge in [-0.1, -0.05) is 13.3 Å². The second-order valence-corrected chi connectivity index (χ2v) is 4.07. The molecular weight excluding hydrogens is 252 g/mol. The molecule has 0 fully saturated rings. The molecule has 1 rings (SSSR count). The van der Waals surface area contributed by atoms with Gasteiger partial charge in [-0.15, -0.1) is 0 Å². The molecule has 0 bridgehead atoms. The molecule has 0 aliphatic carbocycles. The highest BCUT2D eigenvalue weighted by atomic mass is 19.1. The van der Waals surface area contributed by atoms with Crippen LogP contribution in [0.25, 0.3) is 0 Å². The quantitative estimate of drug-likeness (QED) is 0.679. The van der Waals surface area contributed by atoms with Gasteiger partial charge in [0.25, 0.3) is 0 Å². The Morgan fingerprint density at radius 2 is 1.79 bits per heavy atom. The van der Waals surface area contributed by atoms with Crippen molar-refractivity contribution in [2.75, 3.05) is 36.9 Å². The fourth-order valence-electron chi connectivity index (χ4n) is 1.47. The fraction of sp³-hybridized carbons (Fsp3) is 0.615. The lowest BCUT2D eigenvalue weighted by molar-refractivity contribution is 0.141. The van der Waals surface area contributed by atoms with Crippen LogP contribution in [0.4, 0.5) is 20.4 Å². The van der Waals surface area contributed by atoms with Gasteiger partial charge >= 0.3 is 0 Å². The fourth-order valence-corrected chi connectivity index (χ4v) is 1.47. The van der Waals surface area contributed by atoms with E-state index in [-0.39, 0.29) is 11.6 Å². The van der Waals surface area contributed by atoms with Crippen LogP contribution in [0.1, 0.15) is 26.7 Å². The molecule has 0 unspecified atom stereocenters. The van der Waals surface area contributed by atoms with E-state index in [1.165, 1.54) is 0 Å². The number of hydrogen-bond acceptors (Lipinski definition) is 4. The molecule has 0 radical (unpaired) electrons. The van der Waals surface area contributed by atoms with Crippen LogP contribution in [0.15, 0.2) is 6.07 Å². The minimum atomic E-state index is -0.701. The third-order valence-corrected chi connectivity index (χ3v) is 2.45. The zero-order chi connectivity index (χ0) is 14.1. The minimum absolute atomic E-state index is 0.0384. The maximum atomic E-state index is 13.5. The Kier molecular flexibility index (Phi) is 7.10. The molecule has 2 N–H and O–H groups in total. The normalized spacial score (nSPS) is 10.5. The van der Waals surface area contributed by atoms with E-state index in [1.807, 2.05) is 6.92 Å². The van der Waals surface area contributed by atoms with Crippen molar-refractivity contribution in [3.63, 3.8) is 0 Å². The van der Waals surface area contributed by atoms with Crippen molar-refractivity contribution in [1.82, 2.24) is 4.98 Å². The summed E-state index contributed by atoms with van der Waals surface area (Å²) in [5.74, 6) is -1.30. The first-order valence-electron chi connectivity index (χ1n) is 6.60. The Morgan fingerprint density at radius 1 is 1.11 bits per heavy atom. The maximum absolute atomic E-state index is 13.5. The summed E-state index contributed by atoms with van der Waals surface area (Å²) in [5, 5.41) is 5.54. The van der Waals surface area contributed by atoms with Crippen molar-refractivity contribution in [3.8, 4) is 0 Å². The van der Waals surface area contributed by atoms with E-state index in [4.69, 9.17) is 4.74 Å². The van der Waals surface area contributed by atoms with E-state index in [0.717, 1.165) is 18.9 Å². The van der Waals surface area contributed by atoms with Gasteiger partial charge in [-0.05, 0) is 13.3 Å². The van der Waals surface area contributed by atoms with Gasteiger partial charge < -0.3 is 15.4 Å². The number of unbranched alkanes of at least 4 members (excludes halogenated alkanes) is 1. The average Bonchev–Trinajstić information content (AvgIpc) is 2.38. The predicted molar refractivity (Wildman–Crippen MR) is 72.5 cm³/mol. The van der Waals surface area contributed by atoms with Crippen LogP contribution in [0, 0.1) is 11.6 Å². The molecule has 0 aliphatic heterocycles. The number of ether oxygens (including phenoxy) is 1. The van der Waals surface area contributed by atoms with Crippen molar-refractivity contribution in [3.05, 3.63) is 17.7 Å². The Labute approximate surface area is 112 Å². The standard InChI is InChI=1S/C13H21F2N3O/c1-3-5-7-19-8-6-17-13-11(15)9-10(14)12(18-13)16-4-2/h9H,3-8H2,1-2H3,(H2,16,17,18). The molecule has 0 saturated carbocycles. The van der Waals surface area contributed by atoms with Gasteiger partial charge in [-0.2, -0.15) is 0 Å². The maximum Gasteiger partial charge on any atom is 0.168 e. The topological polar surface area (TPSA) is 46.2 Å². The summed E-state index contributed by atoms with van der Waals surface area (Å²) in [6.07, 6.45) is 2.08. The minimum Gasteiger partial charge on any atom is -0.380 e. The number of rotatable bonds is 9. The summed E-state index contributed by atoms with van der Waals surface area (Å²) in [5.41, 5.74) is 0. The number of aromatic nitrogens is 1. The molecule has 1 aromatic rings. The molecule has 108 valence electrons. The molecule has 1 heterocycles. The SMILES string of the molecule is CCCCOCCNc1nc(NCC)c(F)cc1F. The highest BCUT2D eigenvalue weighted by molar-refractivity contribution is 5.47. The summed E-state index contributed by atoms with van der Waals surface area (Å²) in [6, 6.07) is 0.825. The van der Waals surface area contributed by atoms with Crippen molar-refractivity contribution in [2.45, 2.75) is 26.7 Å². The van der Waals surface area contributed by atoms with Crippen LogP contribution in [-0.4, -0.2) is 31.3 Å². The molecule has 6 heteroatoms. The summed E-state index contributed by atoms with van der Waals surface area (Å²) in [6.45, 7) is 6.02. The number of hydrogen-bond donors (Lipinski definition) is 2. The second kappa shape index (κ2) is 8.63. The monoisotopic (exact) mass is 273 g/mol. The van der Waals surface area contributed by atoms with Crippen LogP contribution in [-0.2, 0) is 4.74 Å². The molecule has 1 aromatic heterocycles. The molecule has 0 aromatic carbocycles. The van der Waals surface area contributed by atoms with Crippen LogP contribution < -0.4 is 10.6 Å². The van der Waals surface area contributed by atoms with Gasteiger partial charge in [0.15, 0.2) is 23.3 Å². The van der Waals surface area contributed by atoms with Crippen molar-refractivity contribution < 1.29 is 13.5 Å². The number of pyridine rings is 1. The van der Waals surface area contributed by atoms with Crippen LogP contribution in [0.3, 0.4) is 0 Å². The third kappa shape index (κ3) is 5.38. The summed E-state index contributed by atoms with van der Waals surface area (Å²) >= 11 is 0. The van der Waals surface area contributed by atoms with E-state index >= 15 is 0 Å². The highest BCUT2D eigenvalue weighted by Crippen LogP contribution is 2.18. The van der Waals surface area contributed by atoms with Gasteiger partial charge in [-0.25, -0.2) is 13.8 Å². The second-order valence-electron chi connectivity index (χ2n) is 4.07. The summed E-state index contributed by atoms with van der Waals surface area (Å²) in [4.78, 5) is 3.87. The Morgan fingerprint density at radius 3 is 2.42 bits per heavy atom. The lowest BCUT2D eigenvalue weighted by atomic mass is 10.4. The Hall–Kier alpha value is -1.43. The van der Waals surface area contributed by atoms with Gasteiger partial charge in [0.2, 0.25) is 0 Å². The van der Waals surface area contributed by atoms with E-state index in [2.05, 4.69) is 22.5 Å². The van der Waals surface area contributed by atoms with Gasteiger partial charge in [0, 0.05) is 25.8 Å². The first-order chi connectivity index (χ1) is 9.19. The van der Waals surface area contributed by atoms with E-state index < -0.39 is 11.6 Å². The first-order valence-corrected chi connectivity index (χ1v) is 6.60. The lowest BCUT2D eigenvalue weighted by Gasteiger charge is -2.10. The Balaban J connectivity index is 2.46. The number of halogens is 2. The molecule has 0 saturated heterocycles. The largest absolute Gasteiger partial charge is 0.380 e. The smallest absolute Gasteiger partial charge is 0.168 e. The molecule has 19 heavy (non-hydrogen) atoms. The third-order valence-electron chi connectivity index (χ3n) is 2.45. The molecule has 4 nitrogen and oxygen atoms in total. The van der Waals surface area contributed by atoms with E-state index in [9.17, 15) is 8.78 Å². The van der Waals surface area contributed by atoms with E-state index in [0.29, 0.717) is 26.3 Å².